The molecule has 0 bridgehead atoms. The molecule has 3 aromatic rings. The number of benzene rings is 2. The fourth-order valence-corrected chi connectivity index (χ4v) is 4.76. The number of hydrogen-bond donors (Lipinski definition) is 1. The van der Waals surface area contributed by atoms with Crippen molar-refractivity contribution >= 4 is 40.7 Å². The lowest BCUT2D eigenvalue weighted by molar-refractivity contribution is -0.140. The summed E-state index contributed by atoms with van der Waals surface area (Å²) in [6.45, 7) is 8.66. The summed E-state index contributed by atoms with van der Waals surface area (Å²) in [7, 11) is 0. The summed E-state index contributed by atoms with van der Waals surface area (Å²) in [5.41, 5.74) is 2.33. The highest BCUT2D eigenvalue weighted by atomic mass is 35.5. The van der Waals surface area contributed by atoms with Gasteiger partial charge in [-0.2, -0.15) is 0 Å². The van der Waals surface area contributed by atoms with Gasteiger partial charge in [0.25, 0.3) is 11.7 Å². The molecule has 4 rings (SSSR count). The normalized spacial score (nSPS) is 17.4. The molecular formula is C29H28Cl2N2O4. The molecule has 0 aliphatic carbocycles. The van der Waals surface area contributed by atoms with Gasteiger partial charge in [-0.25, -0.2) is 0 Å². The summed E-state index contributed by atoms with van der Waals surface area (Å²) in [5.74, 6) is -1.05. The van der Waals surface area contributed by atoms with E-state index < -0.39 is 17.7 Å². The van der Waals surface area contributed by atoms with Crippen molar-refractivity contribution in [2.75, 3.05) is 6.61 Å². The molecule has 1 aliphatic rings. The molecular weight excluding hydrogens is 511 g/mol. The Kier molecular flexibility index (Phi) is 7.62. The van der Waals surface area contributed by atoms with Crippen molar-refractivity contribution in [3.63, 3.8) is 0 Å². The van der Waals surface area contributed by atoms with Crippen LogP contribution in [0.2, 0.25) is 10.0 Å². The van der Waals surface area contributed by atoms with Crippen LogP contribution in [0.25, 0.3) is 5.76 Å². The maximum atomic E-state index is 13.4. The molecule has 1 amide bonds. The molecule has 0 saturated carbocycles. The number of ether oxygens (including phenoxy) is 1. The third kappa shape index (κ3) is 5.36. The maximum Gasteiger partial charge on any atom is 0.295 e. The first-order valence-corrected chi connectivity index (χ1v) is 12.7. The molecule has 1 aliphatic heterocycles. The van der Waals surface area contributed by atoms with Gasteiger partial charge in [0.05, 0.1) is 28.3 Å². The second kappa shape index (κ2) is 10.6. The predicted molar refractivity (Wildman–Crippen MR) is 145 cm³/mol. The van der Waals surface area contributed by atoms with Crippen molar-refractivity contribution in [3.05, 3.63) is 98.8 Å². The zero-order valence-electron chi connectivity index (χ0n) is 21.1. The van der Waals surface area contributed by atoms with Crippen LogP contribution in [0.1, 0.15) is 56.0 Å². The van der Waals surface area contributed by atoms with Crippen LogP contribution in [0, 0.1) is 0 Å². The Hall–Kier alpha value is -3.35. The van der Waals surface area contributed by atoms with E-state index in [4.69, 9.17) is 27.9 Å². The lowest BCUT2D eigenvalue weighted by Gasteiger charge is -2.26. The fourth-order valence-electron chi connectivity index (χ4n) is 4.46. The Labute approximate surface area is 226 Å². The highest BCUT2D eigenvalue weighted by molar-refractivity contribution is 6.46. The van der Waals surface area contributed by atoms with E-state index in [2.05, 4.69) is 4.98 Å². The van der Waals surface area contributed by atoms with Gasteiger partial charge in [0.15, 0.2) is 0 Å². The quantitative estimate of drug-likeness (QED) is 0.214. The monoisotopic (exact) mass is 538 g/mol. The second-order valence-corrected chi connectivity index (χ2v) is 10.7. The highest BCUT2D eigenvalue weighted by Gasteiger charge is 2.46. The molecule has 1 saturated heterocycles. The number of carbonyl (C=O) groups is 2. The molecule has 0 radical (unpaired) electrons. The van der Waals surface area contributed by atoms with Crippen molar-refractivity contribution in [2.24, 2.45) is 0 Å². The number of hydrogen-bond acceptors (Lipinski definition) is 5. The highest BCUT2D eigenvalue weighted by Crippen LogP contribution is 2.42. The van der Waals surface area contributed by atoms with Gasteiger partial charge in [-0.3, -0.25) is 14.6 Å². The van der Waals surface area contributed by atoms with E-state index in [1.807, 2.05) is 33.8 Å². The lowest BCUT2D eigenvalue weighted by atomic mass is 9.84. The molecule has 0 spiro atoms. The summed E-state index contributed by atoms with van der Waals surface area (Å²) in [6, 6.07) is 12.9. The molecule has 1 atom stereocenters. The number of aliphatic hydroxyl groups excluding tert-OH is 1. The first-order valence-electron chi connectivity index (χ1n) is 11.9. The Morgan fingerprint density at radius 2 is 1.73 bits per heavy atom. The van der Waals surface area contributed by atoms with Crippen LogP contribution in [-0.2, 0) is 21.5 Å². The number of aromatic nitrogens is 1. The van der Waals surface area contributed by atoms with Crippen molar-refractivity contribution in [1.82, 2.24) is 9.88 Å². The first kappa shape index (κ1) is 26.7. The van der Waals surface area contributed by atoms with E-state index in [1.165, 1.54) is 4.90 Å². The fraction of sp³-hybridized carbons (Fsp3) is 0.276. The number of pyridine rings is 1. The van der Waals surface area contributed by atoms with E-state index >= 15 is 0 Å². The minimum absolute atomic E-state index is 0.0125. The van der Waals surface area contributed by atoms with Crippen LogP contribution in [0.4, 0.5) is 0 Å². The second-order valence-electron chi connectivity index (χ2n) is 9.85. The van der Waals surface area contributed by atoms with Crippen molar-refractivity contribution < 1.29 is 19.4 Å². The summed E-state index contributed by atoms with van der Waals surface area (Å²) in [5, 5.41) is 12.2. The van der Waals surface area contributed by atoms with E-state index in [1.54, 1.807) is 54.9 Å². The van der Waals surface area contributed by atoms with E-state index in [0.717, 1.165) is 11.1 Å². The first-order chi connectivity index (χ1) is 17.5. The lowest BCUT2D eigenvalue weighted by Crippen LogP contribution is -2.29. The molecule has 1 aromatic heterocycles. The van der Waals surface area contributed by atoms with Gasteiger partial charge in [0.2, 0.25) is 0 Å². The average molecular weight is 539 g/mol. The SMILES string of the molecule is CCOc1ccc(/C(O)=C2/C(=O)C(=O)N(Cc3ccncc3)C2c2ccc(Cl)c(Cl)c2)cc1C(C)(C)C. The molecule has 1 N–H and O–H groups in total. The van der Waals surface area contributed by atoms with Gasteiger partial charge in [-0.05, 0) is 65.9 Å². The number of rotatable bonds is 6. The third-order valence-electron chi connectivity index (χ3n) is 6.26. The van der Waals surface area contributed by atoms with Crippen molar-refractivity contribution in [2.45, 2.75) is 45.7 Å². The van der Waals surface area contributed by atoms with Gasteiger partial charge >= 0.3 is 0 Å². The molecule has 8 heteroatoms. The van der Waals surface area contributed by atoms with Crippen LogP contribution < -0.4 is 4.74 Å². The number of likely N-dealkylation sites (tertiary alicyclic amines) is 1. The smallest absolute Gasteiger partial charge is 0.295 e. The number of amides is 1. The van der Waals surface area contributed by atoms with Crippen LogP contribution in [0.5, 0.6) is 5.75 Å². The number of carbonyl (C=O) groups excluding carboxylic acids is 2. The molecule has 2 heterocycles. The number of Topliss-reactive ketones (excluding diaryl/α,β-unsaturated/α-hetero) is 1. The molecule has 192 valence electrons. The van der Waals surface area contributed by atoms with E-state index in [-0.39, 0.29) is 28.3 Å². The van der Waals surface area contributed by atoms with Gasteiger partial charge in [0, 0.05) is 30.1 Å². The number of ketones is 1. The van der Waals surface area contributed by atoms with Gasteiger partial charge in [-0.1, -0.05) is 50.0 Å². The minimum Gasteiger partial charge on any atom is -0.507 e. The predicted octanol–water partition coefficient (Wildman–Crippen LogP) is 6.71. The molecule has 37 heavy (non-hydrogen) atoms. The number of aliphatic hydroxyl groups is 1. The van der Waals surface area contributed by atoms with E-state index in [0.29, 0.717) is 28.5 Å². The Morgan fingerprint density at radius 3 is 2.35 bits per heavy atom. The maximum absolute atomic E-state index is 13.4. The average Bonchev–Trinajstić information content (AvgIpc) is 3.10. The van der Waals surface area contributed by atoms with Crippen LogP contribution in [0.3, 0.4) is 0 Å². The summed E-state index contributed by atoms with van der Waals surface area (Å²) < 4.78 is 5.80. The minimum atomic E-state index is -0.868. The standard InChI is InChI=1S/C29H28Cl2N2O4/c1-5-37-23-9-7-19(14-20(23)29(2,3)4)26(34)24-25(18-6-8-21(30)22(31)15-18)33(28(36)27(24)35)16-17-10-12-32-13-11-17/h6-15,25,34H,5,16H2,1-4H3/b26-24-. The Morgan fingerprint density at radius 1 is 1.03 bits per heavy atom. The van der Waals surface area contributed by atoms with Crippen LogP contribution >= 0.6 is 23.2 Å². The van der Waals surface area contributed by atoms with E-state index in [9.17, 15) is 14.7 Å². The topological polar surface area (TPSA) is 79.7 Å². The zero-order valence-corrected chi connectivity index (χ0v) is 22.6. The van der Waals surface area contributed by atoms with Crippen molar-refractivity contribution in [1.29, 1.82) is 0 Å². The van der Waals surface area contributed by atoms with Gasteiger partial charge < -0.3 is 14.7 Å². The van der Waals surface area contributed by atoms with Gasteiger partial charge in [0.1, 0.15) is 11.5 Å². The Balaban J connectivity index is 1.90. The summed E-state index contributed by atoms with van der Waals surface area (Å²) in [4.78, 5) is 32.1. The molecule has 2 aromatic carbocycles. The van der Waals surface area contributed by atoms with Crippen molar-refractivity contribution in [3.8, 4) is 5.75 Å². The van der Waals surface area contributed by atoms with Crippen LogP contribution in [-0.4, -0.2) is 33.3 Å². The summed E-state index contributed by atoms with van der Waals surface area (Å²) >= 11 is 12.5. The molecule has 1 unspecified atom stereocenters. The third-order valence-corrected chi connectivity index (χ3v) is 7.00. The zero-order chi connectivity index (χ0) is 26.9. The largest absolute Gasteiger partial charge is 0.507 e. The van der Waals surface area contributed by atoms with Crippen LogP contribution in [0.15, 0.2) is 66.5 Å². The van der Waals surface area contributed by atoms with Gasteiger partial charge in [-0.15, -0.1) is 0 Å². The molecule has 1 fully saturated rings. The molecule has 6 nitrogen and oxygen atoms in total. The number of nitrogens with zero attached hydrogens (tertiary/aromatic N) is 2. The summed E-state index contributed by atoms with van der Waals surface area (Å²) in [6.07, 6.45) is 3.24. The number of halogens is 2. The Bertz CT molecular complexity index is 1380.